The Morgan fingerprint density at radius 3 is 2.31 bits per heavy atom. The molecule has 3 heteroatoms. The van der Waals surface area contributed by atoms with Crippen molar-refractivity contribution in [1.29, 1.82) is 0 Å². The van der Waals surface area contributed by atoms with E-state index in [1.807, 2.05) is 6.29 Å². The molecule has 1 aliphatic carbocycles. The molecule has 0 aliphatic heterocycles. The molecule has 1 rings (SSSR count). The lowest BCUT2D eigenvalue weighted by molar-refractivity contribution is -0.153. The molecular formula is C10H15O3. The van der Waals surface area contributed by atoms with Crippen molar-refractivity contribution in [3.63, 3.8) is 0 Å². The minimum atomic E-state index is -0.831. The third-order valence-corrected chi connectivity index (χ3v) is 3.18. The monoisotopic (exact) mass is 183 g/mol. The summed E-state index contributed by atoms with van der Waals surface area (Å²) in [5.74, 6) is -1.31. The van der Waals surface area contributed by atoms with Crippen molar-refractivity contribution < 1.29 is 14.7 Å². The van der Waals surface area contributed by atoms with Crippen molar-refractivity contribution >= 4 is 12.3 Å². The largest absolute Gasteiger partial charge is 0.481 e. The molecular weight excluding hydrogens is 168 g/mol. The predicted octanol–water partition coefficient (Wildman–Crippen LogP) is 1.77. The van der Waals surface area contributed by atoms with E-state index in [0.717, 1.165) is 19.3 Å². The molecule has 1 fully saturated rings. The van der Waals surface area contributed by atoms with Gasteiger partial charge in [0.25, 0.3) is 0 Å². The molecule has 1 radical (unpaired) electrons. The van der Waals surface area contributed by atoms with Crippen LogP contribution in [0.15, 0.2) is 0 Å². The van der Waals surface area contributed by atoms with Crippen LogP contribution in [-0.4, -0.2) is 17.4 Å². The topological polar surface area (TPSA) is 54.4 Å². The van der Waals surface area contributed by atoms with Crippen LogP contribution in [0.1, 0.15) is 39.0 Å². The van der Waals surface area contributed by atoms with Crippen molar-refractivity contribution in [1.82, 2.24) is 0 Å². The molecule has 0 aromatic carbocycles. The molecule has 0 saturated heterocycles. The average molecular weight is 183 g/mol. The lowest BCUT2D eigenvalue weighted by Crippen LogP contribution is -2.40. The van der Waals surface area contributed by atoms with Crippen LogP contribution in [0.3, 0.4) is 0 Å². The van der Waals surface area contributed by atoms with Crippen LogP contribution < -0.4 is 0 Å². The van der Waals surface area contributed by atoms with E-state index < -0.39 is 17.3 Å². The Morgan fingerprint density at radius 2 is 1.92 bits per heavy atom. The molecule has 3 nitrogen and oxygen atoms in total. The molecule has 0 bridgehead atoms. The van der Waals surface area contributed by atoms with Gasteiger partial charge in [0.15, 0.2) is 0 Å². The van der Waals surface area contributed by atoms with Gasteiger partial charge in [0, 0.05) is 5.92 Å². The van der Waals surface area contributed by atoms with Gasteiger partial charge in [-0.2, -0.15) is 0 Å². The first-order valence-corrected chi connectivity index (χ1v) is 4.74. The molecule has 1 saturated carbocycles. The van der Waals surface area contributed by atoms with Crippen LogP contribution >= 0.6 is 0 Å². The van der Waals surface area contributed by atoms with Gasteiger partial charge in [0.05, 0.1) is 5.41 Å². The Morgan fingerprint density at radius 1 is 1.38 bits per heavy atom. The number of carboxylic acids is 1. The van der Waals surface area contributed by atoms with Gasteiger partial charge in [0.2, 0.25) is 6.29 Å². The first kappa shape index (κ1) is 10.2. The van der Waals surface area contributed by atoms with Gasteiger partial charge in [-0.25, -0.2) is 0 Å². The zero-order valence-corrected chi connectivity index (χ0v) is 7.88. The van der Waals surface area contributed by atoms with Gasteiger partial charge in [0.1, 0.15) is 0 Å². The summed E-state index contributed by atoms with van der Waals surface area (Å²) in [6, 6.07) is 0. The summed E-state index contributed by atoms with van der Waals surface area (Å²) < 4.78 is 0. The number of carbonyl (C=O) groups is 1. The minimum Gasteiger partial charge on any atom is -0.481 e. The standard InChI is InChI=1S/C10H15O3/c1-8(7-11)10(9(12)13)5-3-2-4-6-10/h8H,2-6H2,1H3,(H,12,13). The third kappa shape index (κ3) is 1.74. The maximum absolute atomic E-state index is 11.1. The van der Waals surface area contributed by atoms with Crippen LogP contribution in [0.4, 0.5) is 0 Å². The van der Waals surface area contributed by atoms with Gasteiger partial charge in [-0.15, -0.1) is 0 Å². The molecule has 1 unspecified atom stereocenters. The molecule has 1 atom stereocenters. The smallest absolute Gasteiger partial charge is 0.310 e. The van der Waals surface area contributed by atoms with Crippen molar-refractivity contribution in [2.75, 3.05) is 0 Å². The number of carboxylic acid groups (broad SMARTS) is 1. The van der Waals surface area contributed by atoms with Crippen molar-refractivity contribution in [3.05, 3.63) is 0 Å². The highest BCUT2D eigenvalue weighted by atomic mass is 16.4. The summed E-state index contributed by atoms with van der Waals surface area (Å²) in [6.07, 6.45) is 5.99. The number of rotatable bonds is 3. The van der Waals surface area contributed by atoms with Gasteiger partial charge in [-0.3, -0.25) is 9.59 Å². The molecule has 0 aromatic heterocycles. The number of aliphatic carboxylic acids is 1. The first-order chi connectivity index (χ1) is 6.13. The fourth-order valence-electron chi connectivity index (χ4n) is 2.13. The Balaban J connectivity index is 2.84. The Labute approximate surface area is 78.1 Å². The van der Waals surface area contributed by atoms with Crippen LogP contribution in [0.25, 0.3) is 0 Å². The van der Waals surface area contributed by atoms with E-state index in [9.17, 15) is 9.59 Å². The Bertz CT molecular complexity index is 204. The summed E-state index contributed by atoms with van der Waals surface area (Å²) in [6.45, 7) is 1.66. The molecule has 13 heavy (non-hydrogen) atoms. The van der Waals surface area contributed by atoms with Gasteiger partial charge < -0.3 is 5.11 Å². The molecule has 73 valence electrons. The highest BCUT2D eigenvalue weighted by molar-refractivity contribution is 5.79. The third-order valence-electron chi connectivity index (χ3n) is 3.18. The number of hydrogen-bond acceptors (Lipinski definition) is 2. The van der Waals surface area contributed by atoms with E-state index in [-0.39, 0.29) is 0 Å². The lowest BCUT2D eigenvalue weighted by Gasteiger charge is -2.35. The van der Waals surface area contributed by atoms with Gasteiger partial charge >= 0.3 is 5.97 Å². The van der Waals surface area contributed by atoms with E-state index in [2.05, 4.69) is 0 Å². The molecule has 0 heterocycles. The summed E-state index contributed by atoms with van der Waals surface area (Å²) in [4.78, 5) is 21.6. The number of hydrogen-bond donors (Lipinski definition) is 1. The first-order valence-electron chi connectivity index (χ1n) is 4.74. The minimum absolute atomic E-state index is 0.481. The van der Waals surface area contributed by atoms with E-state index in [1.54, 1.807) is 6.92 Å². The second kappa shape index (κ2) is 3.90. The number of carbonyl (C=O) groups excluding carboxylic acids is 1. The molecule has 0 spiro atoms. The van der Waals surface area contributed by atoms with Gasteiger partial charge in [-0.1, -0.05) is 26.2 Å². The predicted molar refractivity (Wildman–Crippen MR) is 48.0 cm³/mol. The van der Waals surface area contributed by atoms with Crippen LogP contribution in [0.5, 0.6) is 0 Å². The van der Waals surface area contributed by atoms with Crippen molar-refractivity contribution in [3.8, 4) is 0 Å². The summed E-state index contributed by atoms with van der Waals surface area (Å²) in [5.41, 5.74) is -0.819. The Kier molecular flexibility index (Phi) is 3.07. The van der Waals surface area contributed by atoms with Crippen LogP contribution in [0.2, 0.25) is 0 Å². The van der Waals surface area contributed by atoms with Crippen molar-refractivity contribution in [2.24, 2.45) is 11.3 Å². The van der Waals surface area contributed by atoms with E-state index in [4.69, 9.17) is 5.11 Å². The summed E-state index contributed by atoms with van der Waals surface area (Å²) in [7, 11) is 0. The Hall–Kier alpha value is -0.860. The normalized spacial score (nSPS) is 23.5. The molecule has 1 N–H and O–H groups in total. The summed E-state index contributed by atoms with van der Waals surface area (Å²) >= 11 is 0. The van der Waals surface area contributed by atoms with E-state index in [0.29, 0.717) is 12.8 Å². The molecule has 1 aliphatic rings. The fraction of sp³-hybridized carbons (Fsp3) is 0.800. The zero-order chi connectivity index (χ0) is 9.90. The molecule has 0 amide bonds. The average Bonchev–Trinajstić information content (AvgIpc) is 2.17. The second-order valence-electron chi connectivity index (χ2n) is 3.86. The van der Waals surface area contributed by atoms with E-state index in [1.165, 1.54) is 0 Å². The van der Waals surface area contributed by atoms with Crippen LogP contribution in [0, 0.1) is 11.3 Å². The summed E-state index contributed by atoms with van der Waals surface area (Å²) in [5, 5.41) is 9.11. The zero-order valence-electron chi connectivity index (χ0n) is 7.88. The van der Waals surface area contributed by atoms with Gasteiger partial charge in [-0.05, 0) is 12.8 Å². The van der Waals surface area contributed by atoms with Crippen molar-refractivity contribution in [2.45, 2.75) is 39.0 Å². The second-order valence-corrected chi connectivity index (χ2v) is 3.86. The van der Waals surface area contributed by atoms with E-state index >= 15 is 0 Å². The maximum atomic E-state index is 11.1. The quantitative estimate of drug-likeness (QED) is 0.725. The van der Waals surface area contributed by atoms with Crippen LogP contribution in [-0.2, 0) is 9.59 Å². The lowest BCUT2D eigenvalue weighted by atomic mass is 9.67. The molecule has 0 aromatic rings. The highest BCUT2D eigenvalue weighted by Crippen LogP contribution is 2.42. The SMILES string of the molecule is CC([C]=O)C1(C(=O)O)CCCCC1. The highest BCUT2D eigenvalue weighted by Gasteiger charge is 2.44. The fourth-order valence-corrected chi connectivity index (χ4v) is 2.13. The maximum Gasteiger partial charge on any atom is 0.310 e.